The molecule has 27 heavy (non-hydrogen) atoms. The molecule has 140 valence electrons. The standard InChI is InChI=1S/C21H24N4O2/c1-3-27-19-11-10-18-22-21(16-8-6-15(2)7-9-16)17(25(18)23-19)14-20(26)24-12-4-5-13-24/h6-11H,3-5,12-14H2,1-2H3. The Balaban J connectivity index is 1.80. The van der Waals surface area contributed by atoms with Crippen molar-refractivity contribution in [2.75, 3.05) is 19.7 Å². The zero-order chi connectivity index (χ0) is 18.8. The number of ether oxygens (including phenoxy) is 1. The molecular formula is C21H24N4O2. The molecule has 0 radical (unpaired) electrons. The Hall–Kier alpha value is -2.89. The van der Waals surface area contributed by atoms with Gasteiger partial charge in [-0.15, -0.1) is 5.10 Å². The van der Waals surface area contributed by atoms with Crippen LogP contribution in [-0.2, 0) is 11.2 Å². The van der Waals surface area contributed by atoms with Crippen LogP contribution in [0.25, 0.3) is 16.9 Å². The molecule has 3 aromatic rings. The molecule has 4 rings (SSSR count). The Kier molecular flexibility index (Phi) is 4.79. The molecule has 0 aliphatic carbocycles. The number of aryl methyl sites for hydroxylation is 1. The number of aromatic nitrogens is 3. The molecule has 0 saturated carbocycles. The first kappa shape index (κ1) is 17.5. The van der Waals surface area contributed by atoms with Crippen LogP contribution in [0.1, 0.15) is 31.0 Å². The van der Waals surface area contributed by atoms with E-state index in [0.29, 0.717) is 12.5 Å². The number of imidazole rings is 1. The van der Waals surface area contributed by atoms with Gasteiger partial charge in [-0.25, -0.2) is 9.50 Å². The molecule has 0 bridgehead atoms. The van der Waals surface area contributed by atoms with E-state index in [-0.39, 0.29) is 12.3 Å². The van der Waals surface area contributed by atoms with Crippen LogP contribution in [0.2, 0.25) is 0 Å². The summed E-state index contributed by atoms with van der Waals surface area (Å²) in [5.74, 6) is 0.666. The highest BCUT2D eigenvalue weighted by atomic mass is 16.5. The van der Waals surface area contributed by atoms with Crippen molar-refractivity contribution in [3.05, 3.63) is 47.7 Å². The number of fused-ring (bicyclic) bond motifs is 1. The summed E-state index contributed by atoms with van der Waals surface area (Å²) < 4.78 is 7.31. The highest BCUT2D eigenvalue weighted by Crippen LogP contribution is 2.26. The van der Waals surface area contributed by atoms with Crippen LogP contribution in [0, 0.1) is 6.92 Å². The van der Waals surface area contributed by atoms with Crippen molar-refractivity contribution in [2.45, 2.75) is 33.1 Å². The van der Waals surface area contributed by atoms with E-state index in [1.165, 1.54) is 5.56 Å². The third kappa shape index (κ3) is 3.52. The van der Waals surface area contributed by atoms with Crippen molar-refractivity contribution in [3.63, 3.8) is 0 Å². The molecule has 1 amide bonds. The Morgan fingerprint density at radius 3 is 2.56 bits per heavy atom. The first-order chi connectivity index (χ1) is 13.2. The topological polar surface area (TPSA) is 59.7 Å². The van der Waals surface area contributed by atoms with Crippen molar-refractivity contribution in [2.24, 2.45) is 0 Å². The van der Waals surface area contributed by atoms with Gasteiger partial charge in [-0.2, -0.15) is 0 Å². The van der Waals surface area contributed by atoms with Crippen LogP contribution in [0.3, 0.4) is 0 Å². The maximum absolute atomic E-state index is 12.8. The van der Waals surface area contributed by atoms with Crippen LogP contribution in [0.15, 0.2) is 36.4 Å². The summed E-state index contributed by atoms with van der Waals surface area (Å²) >= 11 is 0. The number of rotatable bonds is 5. The molecule has 0 N–H and O–H groups in total. The molecule has 3 heterocycles. The van der Waals surface area contributed by atoms with Gasteiger partial charge in [-0.05, 0) is 32.8 Å². The van der Waals surface area contributed by atoms with Gasteiger partial charge >= 0.3 is 0 Å². The average Bonchev–Trinajstić information content (AvgIpc) is 3.32. The van der Waals surface area contributed by atoms with Gasteiger partial charge in [0, 0.05) is 24.7 Å². The second kappa shape index (κ2) is 7.39. The van der Waals surface area contributed by atoms with Gasteiger partial charge in [0.2, 0.25) is 11.8 Å². The minimum Gasteiger partial charge on any atom is -0.477 e. The van der Waals surface area contributed by atoms with Gasteiger partial charge in [-0.3, -0.25) is 4.79 Å². The van der Waals surface area contributed by atoms with Crippen molar-refractivity contribution in [3.8, 4) is 17.1 Å². The van der Waals surface area contributed by atoms with E-state index in [0.717, 1.165) is 48.5 Å². The smallest absolute Gasteiger partial charge is 0.231 e. The van der Waals surface area contributed by atoms with Gasteiger partial charge in [0.25, 0.3) is 0 Å². The molecule has 1 saturated heterocycles. The van der Waals surface area contributed by atoms with Crippen molar-refractivity contribution in [1.29, 1.82) is 0 Å². The Bertz CT molecular complexity index is 956. The molecule has 2 aromatic heterocycles. The van der Waals surface area contributed by atoms with Gasteiger partial charge in [0.15, 0.2) is 5.65 Å². The van der Waals surface area contributed by atoms with E-state index >= 15 is 0 Å². The number of likely N-dealkylation sites (tertiary alicyclic amines) is 1. The molecule has 1 aliphatic heterocycles. The monoisotopic (exact) mass is 364 g/mol. The zero-order valence-electron chi connectivity index (χ0n) is 15.8. The maximum atomic E-state index is 12.8. The summed E-state index contributed by atoms with van der Waals surface area (Å²) in [5.41, 5.74) is 4.52. The largest absolute Gasteiger partial charge is 0.477 e. The average molecular weight is 364 g/mol. The predicted octanol–water partition coefficient (Wildman–Crippen LogP) is 3.27. The lowest BCUT2D eigenvalue weighted by Crippen LogP contribution is -2.29. The van der Waals surface area contributed by atoms with Crippen LogP contribution in [0.4, 0.5) is 0 Å². The van der Waals surface area contributed by atoms with Crippen LogP contribution in [-0.4, -0.2) is 45.1 Å². The Labute approximate surface area is 158 Å². The highest BCUT2D eigenvalue weighted by molar-refractivity contribution is 5.81. The molecule has 6 nitrogen and oxygen atoms in total. The van der Waals surface area contributed by atoms with Crippen LogP contribution >= 0.6 is 0 Å². The van der Waals surface area contributed by atoms with Crippen LogP contribution < -0.4 is 4.74 Å². The Morgan fingerprint density at radius 1 is 1.11 bits per heavy atom. The van der Waals surface area contributed by atoms with Gasteiger partial charge in [-0.1, -0.05) is 29.8 Å². The third-order valence-corrected chi connectivity index (χ3v) is 4.94. The molecule has 1 fully saturated rings. The second-order valence-electron chi connectivity index (χ2n) is 6.91. The predicted molar refractivity (Wildman–Crippen MR) is 104 cm³/mol. The van der Waals surface area contributed by atoms with Crippen LogP contribution in [0.5, 0.6) is 5.88 Å². The SMILES string of the molecule is CCOc1ccc2nc(-c3ccc(C)cc3)c(CC(=O)N3CCCC3)n2n1. The molecule has 0 unspecified atom stereocenters. The number of nitrogens with zero attached hydrogens (tertiary/aromatic N) is 4. The minimum atomic E-state index is 0.131. The summed E-state index contributed by atoms with van der Waals surface area (Å²) in [6.45, 7) is 6.21. The van der Waals surface area contributed by atoms with Crippen molar-refractivity contribution >= 4 is 11.6 Å². The quantitative estimate of drug-likeness (QED) is 0.697. The van der Waals surface area contributed by atoms with Gasteiger partial charge < -0.3 is 9.64 Å². The second-order valence-corrected chi connectivity index (χ2v) is 6.91. The maximum Gasteiger partial charge on any atom is 0.231 e. The summed E-state index contributed by atoms with van der Waals surface area (Å²) in [6.07, 6.45) is 2.44. The minimum absolute atomic E-state index is 0.131. The van der Waals surface area contributed by atoms with E-state index in [2.05, 4.69) is 24.2 Å². The number of carbonyl (C=O) groups is 1. The zero-order valence-corrected chi connectivity index (χ0v) is 15.8. The first-order valence-electron chi connectivity index (χ1n) is 9.52. The molecule has 0 spiro atoms. The number of benzene rings is 1. The summed E-state index contributed by atoms with van der Waals surface area (Å²) in [6, 6.07) is 11.9. The fraction of sp³-hybridized carbons (Fsp3) is 0.381. The number of hydrogen-bond acceptors (Lipinski definition) is 4. The van der Waals surface area contributed by atoms with E-state index in [1.54, 1.807) is 4.52 Å². The molecule has 1 aromatic carbocycles. The lowest BCUT2D eigenvalue weighted by Gasteiger charge is -2.15. The Morgan fingerprint density at radius 2 is 1.85 bits per heavy atom. The van der Waals surface area contributed by atoms with Crippen molar-refractivity contribution in [1.82, 2.24) is 19.5 Å². The number of amides is 1. The summed E-state index contributed by atoms with van der Waals surface area (Å²) in [7, 11) is 0. The normalized spacial score (nSPS) is 14.1. The first-order valence-corrected chi connectivity index (χ1v) is 9.52. The molecule has 0 atom stereocenters. The van der Waals surface area contributed by atoms with Crippen molar-refractivity contribution < 1.29 is 9.53 Å². The van der Waals surface area contributed by atoms with Gasteiger partial charge in [0.05, 0.1) is 24.4 Å². The van der Waals surface area contributed by atoms with Gasteiger partial charge in [0.1, 0.15) is 0 Å². The third-order valence-electron chi connectivity index (χ3n) is 4.94. The lowest BCUT2D eigenvalue weighted by atomic mass is 10.1. The summed E-state index contributed by atoms with van der Waals surface area (Å²) in [4.78, 5) is 19.5. The van der Waals surface area contributed by atoms with E-state index in [4.69, 9.17) is 9.72 Å². The van der Waals surface area contributed by atoms with E-state index in [9.17, 15) is 4.79 Å². The summed E-state index contributed by atoms with van der Waals surface area (Å²) in [5, 5.41) is 4.57. The molecular weight excluding hydrogens is 340 g/mol. The van der Waals surface area contributed by atoms with E-state index < -0.39 is 0 Å². The highest BCUT2D eigenvalue weighted by Gasteiger charge is 2.23. The fourth-order valence-corrected chi connectivity index (χ4v) is 3.51. The number of hydrogen-bond donors (Lipinski definition) is 0. The molecule has 1 aliphatic rings. The molecule has 6 heteroatoms. The number of carbonyl (C=O) groups excluding carboxylic acids is 1. The fourth-order valence-electron chi connectivity index (χ4n) is 3.51. The lowest BCUT2D eigenvalue weighted by molar-refractivity contribution is -0.129. The van der Waals surface area contributed by atoms with E-state index in [1.807, 2.05) is 36.1 Å².